The fourth-order valence-corrected chi connectivity index (χ4v) is 2.51. The number of imidazole rings is 1. The Bertz CT molecular complexity index is 904. The number of rotatable bonds is 2. The van der Waals surface area contributed by atoms with Crippen molar-refractivity contribution in [3.05, 3.63) is 48.7 Å². The molecule has 2 aromatic heterocycles. The van der Waals surface area contributed by atoms with Gasteiger partial charge in [-0.05, 0) is 18.2 Å². The predicted molar refractivity (Wildman–Crippen MR) is 79.9 cm³/mol. The zero-order valence-corrected chi connectivity index (χ0v) is 11.0. The highest BCUT2D eigenvalue weighted by atomic mass is 16.5. The highest BCUT2D eigenvalue weighted by Gasteiger charge is 2.10. The second-order valence-electron chi connectivity index (χ2n) is 4.72. The van der Waals surface area contributed by atoms with Crippen LogP contribution < -0.4 is 4.74 Å². The van der Waals surface area contributed by atoms with Crippen LogP contribution in [0.2, 0.25) is 0 Å². The molecule has 4 aromatic rings. The molecule has 0 saturated heterocycles. The monoisotopic (exact) mass is 263 g/mol. The third-order valence-corrected chi connectivity index (χ3v) is 3.53. The first-order valence-electron chi connectivity index (χ1n) is 6.45. The number of para-hydroxylation sites is 1. The van der Waals surface area contributed by atoms with E-state index in [0.29, 0.717) is 0 Å². The number of benzene rings is 2. The molecule has 2 aromatic carbocycles. The van der Waals surface area contributed by atoms with Gasteiger partial charge < -0.3 is 14.7 Å². The van der Waals surface area contributed by atoms with Crippen LogP contribution in [0.4, 0.5) is 0 Å². The molecule has 4 nitrogen and oxygen atoms in total. The molecule has 4 rings (SSSR count). The quantitative estimate of drug-likeness (QED) is 0.579. The Balaban J connectivity index is 1.93. The van der Waals surface area contributed by atoms with E-state index in [2.05, 4.69) is 27.1 Å². The molecule has 2 heterocycles. The standard InChI is InChI=1S/C16H13N3O/c1-20-10-6-7-14-15(8-10)19-16(18-14)12-9-17-13-5-3-2-4-11(12)13/h2-9,17H,1H3,(H,18,19). The summed E-state index contributed by atoms with van der Waals surface area (Å²) in [5, 5.41) is 1.17. The normalized spacial score (nSPS) is 11.2. The molecule has 98 valence electrons. The molecular weight excluding hydrogens is 250 g/mol. The number of ether oxygens (including phenoxy) is 1. The summed E-state index contributed by atoms with van der Waals surface area (Å²) in [6.45, 7) is 0. The third-order valence-electron chi connectivity index (χ3n) is 3.53. The minimum Gasteiger partial charge on any atom is -0.497 e. The molecule has 0 aliphatic heterocycles. The van der Waals surface area contributed by atoms with Gasteiger partial charge in [-0.15, -0.1) is 0 Å². The van der Waals surface area contributed by atoms with Crippen molar-refractivity contribution in [2.75, 3.05) is 7.11 Å². The third kappa shape index (κ3) is 1.58. The zero-order chi connectivity index (χ0) is 13.5. The average molecular weight is 263 g/mol. The molecule has 0 saturated carbocycles. The van der Waals surface area contributed by atoms with Crippen molar-refractivity contribution in [1.82, 2.24) is 15.0 Å². The van der Waals surface area contributed by atoms with Crippen molar-refractivity contribution in [2.24, 2.45) is 0 Å². The summed E-state index contributed by atoms with van der Waals surface area (Å²) in [6.07, 6.45) is 1.99. The molecule has 0 bridgehead atoms. The van der Waals surface area contributed by atoms with Gasteiger partial charge in [-0.2, -0.15) is 0 Å². The number of aromatic amines is 2. The highest BCUT2D eigenvalue weighted by molar-refractivity contribution is 5.95. The predicted octanol–water partition coefficient (Wildman–Crippen LogP) is 3.72. The summed E-state index contributed by atoms with van der Waals surface area (Å²) >= 11 is 0. The van der Waals surface area contributed by atoms with E-state index in [-0.39, 0.29) is 0 Å². The van der Waals surface area contributed by atoms with Gasteiger partial charge >= 0.3 is 0 Å². The van der Waals surface area contributed by atoms with Gasteiger partial charge in [0, 0.05) is 28.7 Å². The molecule has 0 amide bonds. The van der Waals surface area contributed by atoms with Crippen molar-refractivity contribution in [2.45, 2.75) is 0 Å². The number of nitrogens with zero attached hydrogens (tertiary/aromatic N) is 1. The largest absolute Gasteiger partial charge is 0.497 e. The maximum Gasteiger partial charge on any atom is 0.140 e. The summed E-state index contributed by atoms with van der Waals surface area (Å²) in [5.41, 5.74) is 4.10. The van der Waals surface area contributed by atoms with E-state index in [1.807, 2.05) is 36.5 Å². The van der Waals surface area contributed by atoms with Crippen molar-refractivity contribution in [3.63, 3.8) is 0 Å². The molecule has 20 heavy (non-hydrogen) atoms. The molecule has 0 aliphatic rings. The van der Waals surface area contributed by atoms with Crippen molar-refractivity contribution in [1.29, 1.82) is 0 Å². The van der Waals surface area contributed by atoms with E-state index in [1.165, 1.54) is 5.39 Å². The van der Waals surface area contributed by atoms with Crippen LogP contribution in [-0.4, -0.2) is 22.1 Å². The minimum atomic E-state index is 0.826. The smallest absolute Gasteiger partial charge is 0.140 e. The molecule has 0 atom stereocenters. The summed E-state index contributed by atoms with van der Waals surface area (Å²) in [7, 11) is 1.66. The molecule has 0 spiro atoms. The number of aromatic nitrogens is 3. The summed E-state index contributed by atoms with van der Waals surface area (Å²) < 4.78 is 5.24. The van der Waals surface area contributed by atoms with Crippen molar-refractivity contribution in [3.8, 4) is 17.1 Å². The lowest BCUT2D eigenvalue weighted by molar-refractivity contribution is 0.415. The summed E-state index contributed by atoms with van der Waals surface area (Å²) in [5.74, 6) is 1.69. The Morgan fingerprint density at radius 3 is 2.85 bits per heavy atom. The number of fused-ring (bicyclic) bond motifs is 2. The summed E-state index contributed by atoms with van der Waals surface area (Å²) in [6, 6.07) is 14.0. The van der Waals surface area contributed by atoms with Gasteiger partial charge in [0.05, 0.1) is 18.1 Å². The number of methoxy groups -OCH3 is 1. The fraction of sp³-hybridized carbons (Fsp3) is 0.0625. The van der Waals surface area contributed by atoms with Gasteiger partial charge in [0.15, 0.2) is 0 Å². The van der Waals surface area contributed by atoms with E-state index in [1.54, 1.807) is 7.11 Å². The van der Waals surface area contributed by atoms with E-state index in [0.717, 1.165) is 33.7 Å². The van der Waals surface area contributed by atoms with Gasteiger partial charge in [-0.3, -0.25) is 0 Å². The van der Waals surface area contributed by atoms with Crippen LogP contribution in [0.5, 0.6) is 5.75 Å². The lowest BCUT2D eigenvalue weighted by Gasteiger charge is -1.96. The first-order chi connectivity index (χ1) is 9.85. The zero-order valence-electron chi connectivity index (χ0n) is 11.0. The van der Waals surface area contributed by atoms with Gasteiger partial charge in [-0.25, -0.2) is 4.98 Å². The van der Waals surface area contributed by atoms with Crippen molar-refractivity contribution >= 4 is 21.9 Å². The van der Waals surface area contributed by atoms with E-state index in [9.17, 15) is 0 Å². The van der Waals surface area contributed by atoms with Crippen LogP contribution in [0.3, 0.4) is 0 Å². The van der Waals surface area contributed by atoms with Crippen LogP contribution in [0.1, 0.15) is 0 Å². The van der Waals surface area contributed by atoms with Gasteiger partial charge in [-0.1, -0.05) is 18.2 Å². The second kappa shape index (κ2) is 4.13. The van der Waals surface area contributed by atoms with Crippen LogP contribution >= 0.6 is 0 Å². The number of H-pyrrole nitrogens is 2. The number of hydrogen-bond donors (Lipinski definition) is 2. The molecular formula is C16H13N3O. The molecule has 2 N–H and O–H groups in total. The van der Waals surface area contributed by atoms with E-state index >= 15 is 0 Å². The second-order valence-corrected chi connectivity index (χ2v) is 4.72. The van der Waals surface area contributed by atoms with E-state index < -0.39 is 0 Å². The first kappa shape index (κ1) is 11.1. The van der Waals surface area contributed by atoms with Crippen LogP contribution in [0.25, 0.3) is 33.3 Å². The van der Waals surface area contributed by atoms with Gasteiger partial charge in [0.25, 0.3) is 0 Å². The van der Waals surface area contributed by atoms with Crippen LogP contribution in [0, 0.1) is 0 Å². The molecule has 4 heteroatoms. The maximum atomic E-state index is 5.24. The Hall–Kier alpha value is -2.75. The topological polar surface area (TPSA) is 53.7 Å². The lowest BCUT2D eigenvalue weighted by Crippen LogP contribution is -1.81. The molecule has 0 aliphatic carbocycles. The van der Waals surface area contributed by atoms with E-state index in [4.69, 9.17) is 4.74 Å². The Labute approximate surface area is 115 Å². The highest BCUT2D eigenvalue weighted by Crippen LogP contribution is 2.29. The Morgan fingerprint density at radius 2 is 1.95 bits per heavy atom. The minimum absolute atomic E-state index is 0.826. The summed E-state index contributed by atoms with van der Waals surface area (Å²) in [4.78, 5) is 11.3. The molecule has 0 fully saturated rings. The lowest BCUT2D eigenvalue weighted by atomic mass is 10.2. The average Bonchev–Trinajstić information content (AvgIpc) is 3.09. The fourth-order valence-electron chi connectivity index (χ4n) is 2.51. The van der Waals surface area contributed by atoms with Crippen molar-refractivity contribution < 1.29 is 4.74 Å². The first-order valence-corrected chi connectivity index (χ1v) is 6.45. The number of nitrogens with one attached hydrogen (secondary N) is 2. The maximum absolute atomic E-state index is 5.24. The van der Waals surface area contributed by atoms with Gasteiger partial charge in [0.2, 0.25) is 0 Å². The van der Waals surface area contributed by atoms with Gasteiger partial charge in [0.1, 0.15) is 11.6 Å². The molecule has 0 radical (unpaired) electrons. The SMILES string of the molecule is COc1ccc2nc(-c3c[nH]c4ccccc34)[nH]c2c1. The van der Waals surface area contributed by atoms with Crippen LogP contribution in [-0.2, 0) is 0 Å². The molecule has 0 unspecified atom stereocenters. The Kier molecular flexibility index (Phi) is 2.29. The number of hydrogen-bond acceptors (Lipinski definition) is 2. The Morgan fingerprint density at radius 1 is 1.05 bits per heavy atom. The van der Waals surface area contributed by atoms with Crippen LogP contribution in [0.15, 0.2) is 48.7 Å².